The fourth-order valence-corrected chi connectivity index (χ4v) is 5.53. The van der Waals surface area contributed by atoms with E-state index < -0.39 is 34.3 Å². The van der Waals surface area contributed by atoms with Crippen LogP contribution in [0.5, 0.6) is 11.5 Å². The van der Waals surface area contributed by atoms with Crippen LogP contribution >= 0.6 is 0 Å². The van der Waals surface area contributed by atoms with Crippen molar-refractivity contribution in [3.8, 4) is 11.5 Å². The SMILES string of the molecule is C[C@@H](C(=O)NC1CCCC1)N(Cc1ccc(F)cc1)C(=O)CN(c1ccc(Oc2ccccc2)cc1)S(C)(=O)=O. The van der Waals surface area contributed by atoms with Gasteiger partial charge in [0.15, 0.2) is 0 Å². The van der Waals surface area contributed by atoms with Crippen molar-refractivity contribution >= 4 is 27.5 Å². The van der Waals surface area contributed by atoms with E-state index in [2.05, 4.69) is 5.32 Å². The van der Waals surface area contributed by atoms with Crippen molar-refractivity contribution in [3.63, 3.8) is 0 Å². The van der Waals surface area contributed by atoms with Crippen LogP contribution in [0.3, 0.4) is 0 Å². The van der Waals surface area contributed by atoms with Gasteiger partial charge in [-0.25, -0.2) is 12.8 Å². The number of carbonyl (C=O) groups is 2. The molecule has 1 atom stereocenters. The second-order valence-electron chi connectivity index (χ2n) is 9.99. The topological polar surface area (TPSA) is 96.0 Å². The summed E-state index contributed by atoms with van der Waals surface area (Å²) in [6, 6.07) is 20.3. The molecular formula is C30H34FN3O5S. The van der Waals surface area contributed by atoms with Gasteiger partial charge in [-0.05, 0) is 73.9 Å². The van der Waals surface area contributed by atoms with Crippen molar-refractivity contribution in [3.05, 3.63) is 90.2 Å². The molecule has 3 aromatic carbocycles. The third-order valence-corrected chi connectivity index (χ3v) is 8.06. The summed E-state index contributed by atoms with van der Waals surface area (Å²) < 4.78 is 45.9. The molecule has 1 aliphatic carbocycles. The molecule has 0 unspecified atom stereocenters. The highest BCUT2D eigenvalue weighted by Gasteiger charge is 2.31. The Kier molecular flexibility index (Phi) is 9.42. The van der Waals surface area contributed by atoms with Crippen molar-refractivity contribution in [2.45, 2.75) is 51.2 Å². The average Bonchev–Trinajstić information content (AvgIpc) is 3.44. The Hall–Kier alpha value is -3.92. The monoisotopic (exact) mass is 567 g/mol. The van der Waals surface area contributed by atoms with E-state index in [1.165, 1.54) is 29.2 Å². The summed E-state index contributed by atoms with van der Waals surface area (Å²) in [5.74, 6) is -0.155. The maximum Gasteiger partial charge on any atom is 0.244 e. The molecule has 0 radical (unpaired) electrons. The van der Waals surface area contributed by atoms with Crippen LogP contribution in [0.2, 0.25) is 0 Å². The van der Waals surface area contributed by atoms with Gasteiger partial charge in [0.05, 0.1) is 11.9 Å². The van der Waals surface area contributed by atoms with Crippen LogP contribution in [-0.2, 0) is 26.2 Å². The molecular weight excluding hydrogens is 533 g/mol. The van der Waals surface area contributed by atoms with Gasteiger partial charge in [0.25, 0.3) is 0 Å². The third kappa shape index (κ3) is 7.81. The number of rotatable bonds is 11. The zero-order valence-electron chi connectivity index (χ0n) is 22.6. The number of carbonyl (C=O) groups excluding carboxylic acids is 2. The van der Waals surface area contributed by atoms with Gasteiger partial charge >= 0.3 is 0 Å². The minimum Gasteiger partial charge on any atom is -0.457 e. The number of anilines is 1. The summed E-state index contributed by atoms with van der Waals surface area (Å²) in [6.07, 6.45) is 4.87. The molecule has 1 fully saturated rings. The zero-order valence-corrected chi connectivity index (χ0v) is 23.4. The van der Waals surface area contributed by atoms with Gasteiger partial charge in [0, 0.05) is 12.6 Å². The predicted molar refractivity (Wildman–Crippen MR) is 152 cm³/mol. The molecule has 1 N–H and O–H groups in total. The Labute approximate surface area is 234 Å². The van der Waals surface area contributed by atoms with E-state index >= 15 is 0 Å². The summed E-state index contributed by atoms with van der Waals surface area (Å²) in [5.41, 5.74) is 0.893. The first-order chi connectivity index (χ1) is 19.1. The van der Waals surface area contributed by atoms with Gasteiger partial charge < -0.3 is 15.0 Å². The van der Waals surface area contributed by atoms with Crippen molar-refractivity contribution < 1.29 is 27.1 Å². The highest BCUT2D eigenvalue weighted by molar-refractivity contribution is 7.92. The number of nitrogens with one attached hydrogen (secondary N) is 1. The standard InChI is InChI=1S/C30H34FN3O5S/c1-22(30(36)32-25-8-6-7-9-25)33(20-23-12-14-24(31)15-13-23)29(35)21-34(40(2,37)38)26-16-18-28(19-17-26)39-27-10-4-3-5-11-27/h3-5,10-19,22,25H,6-9,20-21H2,1-2H3,(H,32,36)/t22-/m0/s1. The molecule has 0 aromatic heterocycles. The summed E-state index contributed by atoms with van der Waals surface area (Å²) in [6.45, 7) is 1.12. The van der Waals surface area contributed by atoms with Crippen LogP contribution in [0, 0.1) is 5.82 Å². The number of halogens is 1. The molecule has 0 spiro atoms. The highest BCUT2D eigenvalue weighted by Crippen LogP contribution is 2.26. The Balaban J connectivity index is 1.55. The van der Waals surface area contributed by atoms with E-state index in [-0.39, 0.29) is 24.2 Å². The molecule has 0 saturated heterocycles. The van der Waals surface area contributed by atoms with Crippen LogP contribution < -0.4 is 14.4 Å². The van der Waals surface area contributed by atoms with E-state index in [4.69, 9.17) is 4.74 Å². The minimum absolute atomic E-state index is 0.0137. The van der Waals surface area contributed by atoms with Crippen LogP contribution in [-0.4, -0.2) is 50.0 Å². The number of para-hydroxylation sites is 1. The van der Waals surface area contributed by atoms with Crippen LogP contribution in [0.15, 0.2) is 78.9 Å². The van der Waals surface area contributed by atoms with Gasteiger partial charge in [-0.2, -0.15) is 0 Å². The molecule has 0 bridgehead atoms. The smallest absolute Gasteiger partial charge is 0.244 e. The van der Waals surface area contributed by atoms with E-state index in [9.17, 15) is 22.4 Å². The second-order valence-corrected chi connectivity index (χ2v) is 11.9. The van der Waals surface area contributed by atoms with Crippen LogP contribution in [0.25, 0.3) is 0 Å². The van der Waals surface area contributed by atoms with Crippen molar-refractivity contribution in [1.82, 2.24) is 10.2 Å². The molecule has 212 valence electrons. The van der Waals surface area contributed by atoms with E-state index in [1.807, 2.05) is 18.2 Å². The summed E-state index contributed by atoms with van der Waals surface area (Å²) in [5, 5.41) is 3.01. The molecule has 3 aromatic rings. The molecule has 1 saturated carbocycles. The fourth-order valence-electron chi connectivity index (χ4n) is 4.68. The predicted octanol–water partition coefficient (Wildman–Crippen LogP) is 4.86. The lowest BCUT2D eigenvalue weighted by Gasteiger charge is -2.32. The number of amides is 2. The molecule has 8 nitrogen and oxygen atoms in total. The first-order valence-corrected chi connectivity index (χ1v) is 15.1. The molecule has 10 heteroatoms. The fraction of sp³-hybridized carbons (Fsp3) is 0.333. The van der Waals surface area contributed by atoms with Crippen LogP contribution in [0.1, 0.15) is 38.2 Å². The average molecular weight is 568 g/mol. The molecule has 0 heterocycles. The maximum absolute atomic E-state index is 13.7. The van der Waals surface area contributed by atoms with Gasteiger partial charge in [-0.1, -0.05) is 43.2 Å². The highest BCUT2D eigenvalue weighted by atomic mass is 32.2. The van der Waals surface area contributed by atoms with Crippen LogP contribution in [0.4, 0.5) is 10.1 Å². The molecule has 40 heavy (non-hydrogen) atoms. The van der Waals surface area contributed by atoms with E-state index in [1.54, 1.807) is 43.3 Å². The number of hydrogen-bond donors (Lipinski definition) is 1. The lowest BCUT2D eigenvalue weighted by atomic mass is 10.1. The van der Waals surface area contributed by atoms with Gasteiger partial charge in [0.1, 0.15) is 29.9 Å². The van der Waals surface area contributed by atoms with Crippen molar-refractivity contribution in [2.75, 3.05) is 17.1 Å². The Morgan fingerprint density at radius 3 is 2.15 bits per heavy atom. The number of hydrogen-bond acceptors (Lipinski definition) is 5. The Morgan fingerprint density at radius 2 is 1.55 bits per heavy atom. The lowest BCUT2D eigenvalue weighted by Crippen LogP contribution is -2.52. The first-order valence-electron chi connectivity index (χ1n) is 13.2. The number of ether oxygens (including phenoxy) is 1. The first kappa shape index (κ1) is 29.1. The number of benzene rings is 3. The quantitative estimate of drug-likeness (QED) is 0.357. The second kappa shape index (κ2) is 13.0. The Morgan fingerprint density at radius 1 is 0.950 bits per heavy atom. The van der Waals surface area contributed by atoms with Crippen molar-refractivity contribution in [2.24, 2.45) is 0 Å². The summed E-state index contributed by atoms with van der Waals surface area (Å²) in [4.78, 5) is 28.1. The summed E-state index contributed by atoms with van der Waals surface area (Å²) >= 11 is 0. The molecule has 1 aliphatic rings. The minimum atomic E-state index is -3.87. The molecule has 4 rings (SSSR count). The van der Waals surface area contributed by atoms with Crippen molar-refractivity contribution in [1.29, 1.82) is 0 Å². The number of sulfonamides is 1. The Bertz CT molecular complexity index is 1390. The summed E-state index contributed by atoms with van der Waals surface area (Å²) in [7, 11) is -3.87. The van der Waals surface area contributed by atoms with Gasteiger partial charge in [-0.3, -0.25) is 13.9 Å². The van der Waals surface area contributed by atoms with Gasteiger partial charge in [-0.15, -0.1) is 0 Å². The molecule has 0 aliphatic heterocycles. The number of nitrogens with zero attached hydrogens (tertiary/aromatic N) is 2. The zero-order chi connectivity index (χ0) is 28.7. The normalized spacial score (nSPS) is 14.4. The largest absolute Gasteiger partial charge is 0.457 e. The van der Waals surface area contributed by atoms with E-state index in [0.717, 1.165) is 36.2 Å². The van der Waals surface area contributed by atoms with Gasteiger partial charge in [0.2, 0.25) is 21.8 Å². The molecule has 2 amide bonds. The third-order valence-electron chi connectivity index (χ3n) is 6.92. The lowest BCUT2D eigenvalue weighted by molar-refractivity contribution is -0.139. The maximum atomic E-state index is 13.7. The van der Waals surface area contributed by atoms with E-state index in [0.29, 0.717) is 17.1 Å².